The number of hydrogen-bond donors (Lipinski definition) is 1. The van der Waals surface area contributed by atoms with Crippen molar-refractivity contribution in [2.24, 2.45) is 5.92 Å². The highest BCUT2D eigenvalue weighted by Gasteiger charge is 2.33. The number of halogens is 1. The minimum absolute atomic E-state index is 0.246. The first kappa shape index (κ1) is 16.7. The van der Waals surface area contributed by atoms with Crippen molar-refractivity contribution in [3.05, 3.63) is 64.7 Å². The molecule has 0 aliphatic heterocycles. The molecule has 2 aromatic carbocycles. The zero-order chi connectivity index (χ0) is 16.4. The van der Waals surface area contributed by atoms with Gasteiger partial charge in [-0.2, -0.15) is 0 Å². The molecule has 0 amide bonds. The molecule has 3 rings (SSSR count). The van der Waals surface area contributed by atoms with Gasteiger partial charge in [-0.15, -0.1) is 0 Å². The molecule has 23 heavy (non-hydrogen) atoms. The lowest BCUT2D eigenvalue weighted by Crippen LogP contribution is -2.26. The highest BCUT2D eigenvalue weighted by Crippen LogP contribution is 2.42. The van der Waals surface area contributed by atoms with Gasteiger partial charge in [0.05, 0.1) is 0 Å². The minimum atomic E-state index is -0.923. The second-order valence-electron chi connectivity index (χ2n) is 6.28. The lowest BCUT2D eigenvalue weighted by atomic mass is 9.99. The zero-order valence-electron chi connectivity index (χ0n) is 13.5. The third-order valence-corrected chi connectivity index (χ3v) is 5.65. The molecular weight excluding hydrogens is 326 g/mol. The van der Waals surface area contributed by atoms with E-state index < -0.39 is 10.8 Å². The topological polar surface area (TPSA) is 29.1 Å². The van der Waals surface area contributed by atoms with Crippen LogP contribution in [-0.2, 0) is 10.8 Å². The average molecular weight is 348 g/mol. The molecular formula is C19H22ClNOS. The largest absolute Gasteiger partial charge is 0.303 e. The Morgan fingerprint density at radius 3 is 2.13 bits per heavy atom. The Bertz CT molecular complexity index is 680. The van der Waals surface area contributed by atoms with E-state index in [4.69, 9.17) is 11.6 Å². The molecule has 3 atom stereocenters. The molecule has 0 unspecified atom stereocenters. The third kappa shape index (κ3) is 4.23. The minimum Gasteiger partial charge on any atom is -0.303 e. The molecule has 0 heterocycles. The summed E-state index contributed by atoms with van der Waals surface area (Å²) in [5.41, 5.74) is 2.52. The Kier molecular flexibility index (Phi) is 5.20. The van der Waals surface area contributed by atoms with Gasteiger partial charge in [0.15, 0.2) is 0 Å². The normalized spacial score (nSPS) is 18.4. The Balaban J connectivity index is 1.74. The van der Waals surface area contributed by atoms with Crippen LogP contribution in [0.1, 0.15) is 43.0 Å². The fraction of sp³-hybridized carbons (Fsp3) is 0.368. The predicted molar refractivity (Wildman–Crippen MR) is 97.2 cm³/mol. The van der Waals surface area contributed by atoms with Crippen LogP contribution >= 0.6 is 11.6 Å². The van der Waals surface area contributed by atoms with E-state index >= 15 is 0 Å². The molecule has 0 aromatic heterocycles. The van der Waals surface area contributed by atoms with Crippen molar-refractivity contribution in [2.75, 3.05) is 6.26 Å². The van der Waals surface area contributed by atoms with E-state index in [-0.39, 0.29) is 6.04 Å². The molecule has 0 bridgehead atoms. The molecule has 4 heteroatoms. The van der Waals surface area contributed by atoms with Gasteiger partial charge in [-0.05, 0) is 61.1 Å². The molecule has 1 saturated carbocycles. The zero-order valence-corrected chi connectivity index (χ0v) is 15.0. The van der Waals surface area contributed by atoms with Crippen LogP contribution in [0.25, 0.3) is 0 Å². The van der Waals surface area contributed by atoms with Crippen LogP contribution < -0.4 is 5.32 Å². The number of benzene rings is 2. The van der Waals surface area contributed by atoms with Crippen LogP contribution in [0.15, 0.2) is 53.4 Å². The standard InChI is InChI=1S/C19H22ClNOS/c1-13(14-7-11-18(12-8-14)23(2)22)21-19(15-3-4-15)16-5-9-17(20)10-6-16/h5-13,15,19,21H,3-4H2,1-2H3/t13-,19+,23+/m0/s1. The van der Waals surface area contributed by atoms with Crippen molar-refractivity contribution in [3.8, 4) is 0 Å². The Hall–Kier alpha value is -1.16. The van der Waals surface area contributed by atoms with Crippen LogP contribution in [0.5, 0.6) is 0 Å². The maximum Gasteiger partial charge on any atom is 0.0498 e. The molecule has 1 aliphatic carbocycles. The lowest BCUT2D eigenvalue weighted by Gasteiger charge is -2.24. The average Bonchev–Trinajstić information content (AvgIpc) is 3.38. The van der Waals surface area contributed by atoms with Gasteiger partial charge in [0.2, 0.25) is 0 Å². The summed E-state index contributed by atoms with van der Waals surface area (Å²) in [5.74, 6) is 0.709. The summed E-state index contributed by atoms with van der Waals surface area (Å²) in [6.07, 6.45) is 4.27. The lowest BCUT2D eigenvalue weighted by molar-refractivity contribution is 0.427. The van der Waals surface area contributed by atoms with E-state index in [1.165, 1.54) is 24.0 Å². The summed E-state index contributed by atoms with van der Waals surface area (Å²) in [7, 11) is -0.923. The van der Waals surface area contributed by atoms with Gasteiger partial charge in [0, 0.05) is 39.1 Å². The highest BCUT2D eigenvalue weighted by molar-refractivity contribution is 7.84. The van der Waals surface area contributed by atoms with Crippen molar-refractivity contribution in [1.82, 2.24) is 5.32 Å². The van der Waals surface area contributed by atoms with Crippen molar-refractivity contribution in [3.63, 3.8) is 0 Å². The Labute approximate surface area is 145 Å². The van der Waals surface area contributed by atoms with E-state index in [9.17, 15) is 4.21 Å². The van der Waals surface area contributed by atoms with Crippen LogP contribution in [0.2, 0.25) is 5.02 Å². The molecule has 0 radical (unpaired) electrons. The van der Waals surface area contributed by atoms with Gasteiger partial charge in [-0.25, -0.2) is 0 Å². The Morgan fingerprint density at radius 1 is 1.04 bits per heavy atom. The second kappa shape index (κ2) is 7.16. The maximum atomic E-state index is 11.5. The van der Waals surface area contributed by atoms with E-state index in [2.05, 4.69) is 36.5 Å². The van der Waals surface area contributed by atoms with E-state index in [0.717, 1.165) is 9.92 Å². The summed E-state index contributed by atoms with van der Waals surface area (Å²) >= 11 is 6.01. The third-order valence-electron chi connectivity index (χ3n) is 4.46. The monoisotopic (exact) mass is 347 g/mol. The van der Waals surface area contributed by atoms with Gasteiger partial charge in [-0.3, -0.25) is 4.21 Å². The molecule has 122 valence electrons. The maximum absolute atomic E-state index is 11.5. The van der Waals surface area contributed by atoms with E-state index in [1.54, 1.807) is 6.26 Å². The van der Waals surface area contributed by atoms with Crippen molar-refractivity contribution in [2.45, 2.75) is 36.7 Å². The van der Waals surface area contributed by atoms with E-state index in [0.29, 0.717) is 12.0 Å². The number of rotatable bonds is 6. The fourth-order valence-corrected chi connectivity index (χ4v) is 3.56. The molecule has 0 spiro atoms. The molecule has 0 saturated heterocycles. The SMILES string of the molecule is C[C@H](N[C@@H](c1ccc(Cl)cc1)C1CC1)c1ccc([S@@](C)=O)cc1. The van der Waals surface area contributed by atoms with Crippen molar-refractivity contribution < 1.29 is 4.21 Å². The Morgan fingerprint density at radius 2 is 1.61 bits per heavy atom. The first-order valence-corrected chi connectivity index (χ1v) is 9.93. The summed E-state index contributed by atoms with van der Waals surface area (Å²) in [5, 5.41) is 4.54. The quantitative estimate of drug-likeness (QED) is 0.806. The summed E-state index contributed by atoms with van der Waals surface area (Å²) in [6, 6.07) is 16.8. The van der Waals surface area contributed by atoms with Gasteiger partial charge in [-0.1, -0.05) is 35.9 Å². The van der Waals surface area contributed by atoms with Crippen LogP contribution in [0, 0.1) is 5.92 Å². The predicted octanol–water partition coefficient (Wildman–Crippen LogP) is 4.88. The van der Waals surface area contributed by atoms with Crippen LogP contribution in [0.3, 0.4) is 0 Å². The van der Waals surface area contributed by atoms with Crippen molar-refractivity contribution in [1.29, 1.82) is 0 Å². The summed E-state index contributed by atoms with van der Waals surface area (Å²) in [6.45, 7) is 2.18. The smallest absolute Gasteiger partial charge is 0.0498 e. The van der Waals surface area contributed by atoms with Crippen molar-refractivity contribution >= 4 is 22.4 Å². The summed E-state index contributed by atoms with van der Waals surface area (Å²) in [4.78, 5) is 0.873. The summed E-state index contributed by atoms with van der Waals surface area (Å²) < 4.78 is 11.5. The fourth-order valence-electron chi connectivity index (χ4n) is 2.92. The number of nitrogens with one attached hydrogen (secondary N) is 1. The molecule has 2 aromatic rings. The molecule has 1 N–H and O–H groups in total. The van der Waals surface area contributed by atoms with Crippen LogP contribution in [-0.4, -0.2) is 10.5 Å². The van der Waals surface area contributed by atoms with Crippen LogP contribution in [0.4, 0.5) is 0 Å². The second-order valence-corrected chi connectivity index (χ2v) is 8.09. The molecule has 1 aliphatic rings. The molecule has 1 fully saturated rings. The van der Waals surface area contributed by atoms with Gasteiger partial charge < -0.3 is 5.32 Å². The first-order valence-electron chi connectivity index (χ1n) is 7.99. The van der Waals surface area contributed by atoms with E-state index in [1.807, 2.05) is 24.3 Å². The highest BCUT2D eigenvalue weighted by atomic mass is 35.5. The number of hydrogen-bond acceptors (Lipinski definition) is 2. The van der Waals surface area contributed by atoms with Gasteiger partial charge >= 0.3 is 0 Å². The molecule has 2 nitrogen and oxygen atoms in total. The van der Waals surface area contributed by atoms with Gasteiger partial charge in [0.1, 0.15) is 0 Å². The first-order chi connectivity index (χ1) is 11.0. The van der Waals surface area contributed by atoms with Gasteiger partial charge in [0.25, 0.3) is 0 Å².